The summed E-state index contributed by atoms with van der Waals surface area (Å²) in [6.07, 6.45) is 0. The van der Waals surface area contributed by atoms with Crippen molar-refractivity contribution in [1.29, 1.82) is 5.26 Å². The van der Waals surface area contributed by atoms with Gasteiger partial charge in [0.1, 0.15) is 6.07 Å². The molecule has 0 aliphatic carbocycles. The van der Waals surface area contributed by atoms with Crippen LogP contribution in [0.25, 0.3) is 27.7 Å². The quantitative estimate of drug-likeness (QED) is 0.494. The minimum absolute atomic E-state index is 0.735. The number of rotatable bonds is 1. The van der Waals surface area contributed by atoms with Crippen LogP contribution < -0.4 is 0 Å². The van der Waals surface area contributed by atoms with Crippen molar-refractivity contribution in [2.75, 3.05) is 0 Å². The third-order valence-corrected chi connectivity index (χ3v) is 3.59. The number of pyridine rings is 1. The third-order valence-electron chi connectivity index (χ3n) is 3.59. The molecule has 0 fully saturated rings. The van der Waals surface area contributed by atoms with Gasteiger partial charge in [-0.15, -0.1) is 0 Å². The molecule has 0 N–H and O–H groups in total. The zero-order valence-corrected chi connectivity index (χ0v) is 10.2. The summed E-state index contributed by atoms with van der Waals surface area (Å²) in [5, 5.41) is 9.24. The van der Waals surface area contributed by atoms with Gasteiger partial charge in [0.05, 0.1) is 16.6 Å². The molecular formula is C17H10N2. The number of aromatic nitrogens is 1. The zero-order chi connectivity index (χ0) is 12.8. The summed E-state index contributed by atoms with van der Waals surface area (Å²) in [5.74, 6) is 0. The van der Waals surface area contributed by atoms with Crippen molar-refractivity contribution in [3.05, 3.63) is 66.2 Å². The lowest BCUT2D eigenvalue weighted by atomic mass is 10.1. The van der Waals surface area contributed by atoms with Crippen LogP contribution in [0.15, 0.2) is 60.7 Å². The predicted molar refractivity (Wildman–Crippen MR) is 76.2 cm³/mol. The Morgan fingerprint density at radius 3 is 2.47 bits per heavy atom. The molecule has 1 aromatic carbocycles. The van der Waals surface area contributed by atoms with Gasteiger partial charge in [0.25, 0.3) is 0 Å². The smallest absolute Gasteiger partial charge is 0.101 e. The molecule has 0 aliphatic rings. The number of hydrogen-bond acceptors (Lipinski definition) is 1. The minimum Gasteiger partial charge on any atom is -0.308 e. The van der Waals surface area contributed by atoms with Crippen molar-refractivity contribution < 1.29 is 0 Å². The van der Waals surface area contributed by atoms with Gasteiger partial charge >= 0.3 is 0 Å². The van der Waals surface area contributed by atoms with Gasteiger partial charge in [-0.05, 0) is 29.8 Å². The van der Waals surface area contributed by atoms with E-state index in [9.17, 15) is 5.26 Å². The topological polar surface area (TPSA) is 28.2 Å². The molecule has 3 aromatic heterocycles. The number of hydrogen-bond donors (Lipinski definition) is 0. The minimum atomic E-state index is 0.735. The Morgan fingerprint density at radius 2 is 1.68 bits per heavy atom. The van der Waals surface area contributed by atoms with Gasteiger partial charge in [-0.2, -0.15) is 5.26 Å². The largest absolute Gasteiger partial charge is 0.308 e. The Kier molecular flexibility index (Phi) is 1.93. The first-order chi connectivity index (χ1) is 9.38. The van der Waals surface area contributed by atoms with Crippen molar-refractivity contribution >= 4 is 16.6 Å². The maximum Gasteiger partial charge on any atom is 0.101 e. The molecule has 2 nitrogen and oxygen atoms in total. The van der Waals surface area contributed by atoms with Crippen molar-refractivity contribution in [2.24, 2.45) is 0 Å². The molecule has 0 atom stereocenters. The van der Waals surface area contributed by atoms with Crippen molar-refractivity contribution in [1.82, 2.24) is 4.40 Å². The van der Waals surface area contributed by atoms with Crippen LogP contribution in [-0.2, 0) is 0 Å². The van der Waals surface area contributed by atoms with Crippen LogP contribution in [0, 0.1) is 11.3 Å². The third kappa shape index (κ3) is 1.30. The molecule has 19 heavy (non-hydrogen) atoms. The molecule has 0 saturated carbocycles. The van der Waals surface area contributed by atoms with Gasteiger partial charge in [0.15, 0.2) is 0 Å². The maximum absolute atomic E-state index is 9.24. The molecule has 0 spiro atoms. The summed E-state index contributed by atoms with van der Waals surface area (Å²) in [6, 6.07) is 22.8. The maximum atomic E-state index is 9.24. The fourth-order valence-electron chi connectivity index (χ4n) is 2.75. The van der Waals surface area contributed by atoms with Gasteiger partial charge in [-0.25, -0.2) is 0 Å². The highest BCUT2D eigenvalue weighted by atomic mass is 14.9. The van der Waals surface area contributed by atoms with Crippen LogP contribution in [0.2, 0.25) is 0 Å². The Bertz CT molecular complexity index is 911. The van der Waals surface area contributed by atoms with Gasteiger partial charge in [0.2, 0.25) is 0 Å². The first-order valence-corrected chi connectivity index (χ1v) is 6.20. The first-order valence-electron chi connectivity index (χ1n) is 6.20. The summed E-state index contributed by atoms with van der Waals surface area (Å²) in [6.45, 7) is 0. The van der Waals surface area contributed by atoms with Gasteiger partial charge < -0.3 is 4.40 Å². The van der Waals surface area contributed by atoms with Crippen LogP contribution in [-0.4, -0.2) is 4.40 Å². The molecular weight excluding hydrogens is 232 g/mol. The molecule has 0 amide bonds. The normalized spacial score (nSPS) is 11.1. The molecule has 0 radical (unpaired) electrons. The van der Waals surface area contributed by atoms with Crippen LogP contribution in [0.1, 0.15) is 5.56 Å². The molecule has 0 saturated heterocycles. The molecule has 4 rings (SSSR count). The second kappa shape index (κ2) is 3.60. The van der Waals surface area contributed by atoms with E-state index in [1.54, 1.807) is 0 Å². The number of benzene rings is 1. The van der Waals surface area contributed by atoms with E-state index < -0.39 is 0 Å². The summed E-state index contributed by atoms with van der Waals surface area (Å²) in [7, 11) is 0. The van der Waals surface area contributed by atoms with Crippen LogP contribution in [0.4, 0.5) is 0 Å². The summed E-state index contributed by atoms with van der Waals surface area (Å²) < 4.78 is 2.15. The summed E-state index contributed by atoms with van der Waals surface area (Å²) >= 11 is 0. The van der Waals surface area contributed by atoms with E-state index in [1.807, 2.05) is 36.4 Å². The standard InChI is InChI=1S/C17H10N2/c18-11-13-9-17-15(12-5-2-1-3-6-12)10-14-7-4-8-16(13)19(14)17/h1-10H. The molecule has 0 aliphatic heterocycles. The highest BCUT2D eigenvalue weighted by Gasteiger charge is 2.14. The average Bonchev–Trinajstić information content (AvgIpc) is 3.02. The average molecular weight is 242 g/mol. The lowest BCUT2D eigenvalue weighted by Crippen LogP contribution is -1.81. The van der Waals surface area contributed by atoms with E-state index in [4.69, 9.17) is 0 Å². The fourth-order valence-corrected chi connectivity index (χ4v) is 2.75. The van der Waals surface area contributed by atoms with Crippen molar-refractivity contribution in [3.63, 3.8) is 0 Å². The van der Waals surface area contributed by atoms with Gasteiger partial charge in [-0.3, -0.25) is 0 Å². The van der Waals surface area contributed by atoms with E-state index in [2.05, 4.69) is 34.7 Å². The van der Waals surface area contributed by atoms with E-state index in [0.717, 1.165) is 22.1 Å². The van der Waals surface area contributed by atoms with Gasteiger partial charge in [0, 0.05) is 11.1 Å². The van der Waals surface area contributed by atoms with E-state index in [-0.39, 0.29) is 0 Å². The highest BCUT2D eigenvalue weighted by molar-refractivity contribution is 5.93. The Balaban J connectivity index is 2.17. The summed E-state index contributed by atoms with van der Waals surface area (Å²) in [5.41, 5.74) is 6.32. The Hall–Kier alpha value is -2.79. The van der Waals surface area contributed by atoms with Crippen LogP contribution >= 0.6 is 0 Å². The monoisotopic (exact) mass is 242 g/mol. The highest BCUT2D eigenvalue weighted by Crippen LogP contribution is 2.33. The SMILES string of the molecule is N#Cc1cc2c(-c3ccccc3)cc3cccc1n32. The number of nitriles is 1. The van der Waals surface area contributed by atoms with Crippen molar-refractivity contribution in [2.45, 2.75) is 0 Å². The molecule has 2 heteroatoms. The van der Waals surface area contributed by atoms with E-state index in [0.29, 0.717) is 0 Å². The lowest BCUT2D eigenvalue weighted by molar-refractivity contribution is 1.34. The lowest BCUT2D eigenvalue weighted by Gasteiger charge is -1.97. The Morgan fingerprint density at radius 1 is 0.842 bits per heavy atom. The van der Waals surface area contributed by atoms with Crippen LogP contribution in [0.5, 0.6) is 0 Å². The van der Waals surface area contributed by atoms with Crippen LogP contribution in [0.3, 0.4) is 0 Å². The fraction of sp³-hybridized carbons (Fsp3) is 0. The van der Waals surface area contributed by atoms with Crippen molar-refractivity contribution in [3.8, 4) is 17.2 Å². The van der Waals surface area contributed by atoms with E-state index in [1.165, 1.54) is 11.1 Å². The molecule has 4 aromatic rings. The predicted octanol–water partition coefficient (Wildman–Crippen LogP) is 4.07. The first kappa shape index (κ1) is 10.2. The van der Waals surface area contributed by atoms with Gasteiger partial charge in [-0.1, -0.05) is 36.4 Å². The second-order valence-corrected chi connectivity index (χ2v) is 4.65. The van der Waals surface area contributed by atoms with E-state index >= 15 is 0 Å². The Labute approximate surface area is 110 Å². The molecule has 3 heterocycles. The molecule has 88 valence electrons. The molecule has 0 bridgehead atoms. The molecule has 0 unspecified atom stereocenters. The summed E-state index contributed by atoms with van der Waals surface area (Å²) in [4.78, 5) is 0. The second-order valence-electron chi connectivity index (χ2n) is 4.65. The zero-order valence-electron chi connectivity index (χ0n) is 10.2. The number of nitrogens with zero attached hydrogens (tertiary/aromatic N) is 2.